The number of likely N-dealkylation sites (tertiary alicyclic amines) is 1. The summed E-state index contributed by atoms with van der Waals surface area (Å²) in [4.78, 5) is 37.1. The van der Waals surface area contributed by atoms with E-state index in [1.165, 1.54) is 0 Å². The molecule has 3 amide bonds. The number of nitrogens with one attached hydrogen (secondary N) is 2. The molecular formula is C16H19N3O3. The number of benzene rings is 1. The zero-order chi connectivity index (χ0) is 15.7. The molecule has 0 aromatic heterocycles. The molecule has 1 aromatic rings. The first-order valence-electron chi connectivity index (χ1n) is 7.52. The molecule has 1 fully saturated rings. The summed E-state index contributed by atoms with van der Waals surface area (Å²) in [6.07, 6.45) is 2.41. The van der Waals surface area contributed by atoms with Crippen LogP contribution in [0.2, 0.25) is 0 Å². The lowest BCUT2D eigenvalue weighted by molar-refractivity contribution is -0.127. The average molecular weight is 301 g/mol. The predicted octanol–water partition coefficient (Wildman–Crippen LogP) is 0.922. The van der Waals surface area contributed by atoms with Gasteiger partial charge in [0.15, 0.2) is 0 Å². The highest BCUT2D eigenvalue weighted by molar-refractivity contribution is 6.05. The summed E-state index contributed by atoms with van der Waals surface area (Å²) in [6, 6.07) is 5.51. The molecule has 0 saturated carbocycles. The summed E-state index contributed by atoms with van der Waals surface area (Å²) in [7, 11) is 1.76. The quantitative estimate of drug-likeness (QED) is 0.871. The molecule has 0 aliphatic carbocycles. The third-order valence-corrected chi connectivity index (χ3v) is 4.41. The van der Waals surface area contributed by atoms with Crippen molar-refractivity contribution in [3.05, 3.63) is 29.3 Å². The van der Waals surface area contributed by atoms with Gasteiger partial charge in [-0.25, -0.2) is 0 Å². The van der Waals surface area contributed by atoms with E-state index in [0.29, 0.717) is 37.1 Å². The molecule has 2 heterocycles. The first kappa shape index (κ1) is 14.6. The Morgan fingerprint density at radius 1 is 1.32 bits per heavy atom. The standard InChI is InChI=1S/C16H19N3O3/c1-19-11(6-8-14(19)21)9-17-16(22)12-4-2-3-10-5-7-13(20)18-15(10)12/h2-4,11H,5-9H2,1H3,(H,17,22)(H,18,20). The maximum absolute atomic E-state index is 12.4. The molecule has 22 heavy (non-hydrogen) atoms. The second kappa shape index (κ2) is 5.79. The van der Waals surface area contributed by atoms with Crippen LogP contribution in [0.5, 0.6) is 0 Å². The van der Waals surface area contributed by atoms with Crippen molar-refractivity contribution < 1.29 is 14.4 Å². The van der Waals surface area contributed by atoms with Crippen molar-refractivity contribution in [2.75, 3.05) is 18.9 Å². The van der Waals surface area contributed by atoms with E-state index in [4.69, 9.17) is 0 Å². The van der Waals surface area contributed by atoms with E-state index in [0.717, 1.165) is 12.0 Å². The number of aryl methyl sites for hydroxylation is 1. The minimum atomic E-state index is -0.216. The zero-order valence-corrected chi connectivity index (χ0v) is 12.5. The van der Waals surface area contributed by atoms with Crippen LogP contribution in [0.4, 0.5) is 5.69 Å². The number of nitrogens with zero attached hydrogens (tertiary/aromatic N) is 1. The molecule has 6 heteroatoms. The molecule has 1 saturated heterocycles. The zero-order valence-electron chi connectivity index (χ0n) is 12.5. The summed E-state index contributed by atoms with van der Waals surface area (Å²) >= 11 is 0. The van der Waals surface area contributed by atoms with Crippen molar-refractivity contribution >= 4 is 23.4 Å². The molecule has 0 spiro atoms. The summed E-state index contributed by atoms with van der Waals surface area (Å²) in [5.41, 5.74) is 2.09. The van der Waals surface area contributed by atoms with E-state index in [9.17, 15) is 14.4 Å². The maximum atomic E-state index is 12.4. The predicted molar refractivity (Wildman–Crippen MR) is 81.5 cm³/mol. The van der Waals surface area contributed by atoms with Crippen LogP contribution >= 0.6 is 0 Å². The molecule has 2 N–H and O–H groups in total. The van der Waals surface area contributed by atoms with Crippen molar-refractivity contribution in [3.63, 3.8) is 0 Å². The highest BCUT2D eigenvalue weighted by atomic mass is 16.2. The largest absolute Gasteiger partial charge is 0.350 e. The number of anilines is 1. The molecule has 0 bridgehead atoms. The fraction of sp³-hybridized carbons (Fsp3) is 0.438. The van der Waals surface area contributed by atoms with Gasteiger partial charge in [0.05, 0.1) is 11.3 Å². The van der Waals surface area contributed by atoms with Crippen LogP contribution in [-0.4, -0.2) is 42.3 Å². The molecule has 2 aliphatic heterocycles. The Bertz CT molecular complexity index is 642. The monoisotopic (exact) mass is 301 g/mol. The minimum Gasteiger partial charge on any atom is -0.350 e. The summed E-state index contributed by atoms with van der Waals surface area (Å²) in [5.74, 6) is -0.163. The van der Waals surface area contributed by atoms with Gasteiger partial charge >= 0.3 is 0 Å². The maximum Gasteiger partial charge on any atom is 0.253 e. The minimum absolute atomic E-state index is 0.0468. The van der Waals surface area contributed by atoms with Crippen LogP contribution in [0.1, 0.15) is 35.2 Å². The number of amides is 3. The molecule has 1 unspecified atom stereocenters. The average Bonchev–Trinajstić information content (AvgIpc) is 2.83. The molecular weight excluding hydrogens is 282 g/mol. The first-order valence-corrected chi connectivity index (χ1v) is 7.52. The van der Waals surface area contributed by atoms with E-state index in [2.05, 4.69) is 10.6 Å². The first-order chi connectivity index (χ1) is 10.6. The summed E-state index contributed by atoms with van der Waals surface area (Å²) < 4.78 is 0. The highest BCUT2D eigenvalue weighted by Gasteiger charge is 2.28. The Balaban J connectivity index is 1.71. The van der Waals surface area contributed by atoms with Gasteiger partial charge in [-0.1, -0.05) is 12.1 Å². The SMILES string of the molecule is CN1C(=O)CCC1CNC(=O)c1cccc2c1NC(=O)CC2. The summed E-state index contributed by atoms with van der Waals surface area (Å²) in [5, 5.41) is 5.66. The normalized spacial score (nSPS) is 20.6. The molecule has 2 aliphatic rings. The van der Waals surface area contributed by atoms with Crippen LogP contribution in [0, 0.1) is 0 Å². The van der Waals surface area contributed by atoms with E-state index in [1.54, 1.807) is 18.0 Å². The van der Waals surface area contributed by atoms with Crippen LogP contribution in [0.15, 0.2) is 18.2 Å². The number of hydrogen-bond donors (Lipinski definition) is 2. The van der Waals surface area contributed by atoms with Crippen molar-refractivity contribution in [2.45, 2.75) is 31.7 Å². The van der Waals surface area contributed by atoms with Crippen LogP contribution in [0.25, 0.3) is 0 Å². The Kier molecular flexibility index (Phi) is 3.83. The van der Waals surface area contributed by atoms with Crippen LogP contribution in [-0.2, 0) is 16.0 Å². The molecule has 3 rings (SSSR count). The number of fused-ring (bicyclic) bond motifs is 1. The second-order valence-corrected chi connectivity index (χ2v) is 5.80. The fourth-order valence-electron chi connectivity index (χ4n) is 3.00. The lowest BCUT2D eigenvalue weighted by Crippen LogP contribution is -2.40. The van der Waals surface area contributed by atoms with Crippen molar-refractivity contribution in [1.29, 1.82) is 0 Å². The van der Waals surface area contributed by atoms with Gasteiger partial charge in [-0.05, 0) is 24.5 Å². The Hall–Kier alpha value is -2.37. The molecule has 116 valence electrons. The number of para-hydroxylation sites is 1. The lowest BCUT2D eigenvalue weighted by Gasteiger charge is -2.22. The third-order valence-electron chi connectivity index (χ3n) is 4.41. The van der Waals surface area contributed by atoms with E-state index in [-0.39, 0.29) is 23.8 Å². The van der Waals surface area contributed by atoms with Crippen molar-refractivity contribution in [2.24, 2.45) is 0 Å². The smallest absolute Gasteiger partial charge is 0.253 e. The van der Waals surface area contributed by atoms with Crippen LogP contribution in [0.3, 0.4) is 0 Å². The molecule has 6 nitrogen and oxygen atoms in total. The number of carbonyl (C=O) groups is 3. The fourth-order valence-corrected chi connectivity index (χ4v) is 3.00. The number of carbonyl (C=O) groups excluding carboxylic acids is 3. The van der Waals surface area contributed by atoms with Gasteiger partial charge in [0.25, 0.3) is 5.91 Å². The van der Waals surface area contributed by atoms with Crippen molar-refractivity contribution in [1.82, 2.24) is 10.2 Å². The second-order valence-electron chi connectivity index (χ2n) is 5.80. The number of rotatable bonds is 3. The van der Waals surface area contributed by atoms with Gasteiger partial charge in [0.2, 0.25) is 11.8 Å². The third kappa shape index (κ3) is 2.68. The molecule has 1 aromatic carbocycles. The van der Waals surface area contributed by atoms with E-state index in [1.807, 2.05) is 12.1 Å². The van der Waals surface area contributed by atoms with Crippen molar-refractivity contribution in [3.8, 4) is 0 Å². The summed E-state index contributed by atoms with van der Waals surface area (Å²) in [6.45, 7) is 0.429. The van der Waals surface area contributed by atoms with E-state index < -0.39 is 0 Å². The molecule has 0 radical (unpaired) electrons. The van der Waals surface area contributed by atoms with Gasteiger partial charge in [0.1, 0.15) is 0 Å². The lowest BCUT2D eigenvalue weighted by atomic mass is 9.98. The highest BCUT2D eigenvalue weighted by Crippen LogP contribution is 2.26. The van der Waals surface area contributed by atoms with Gasteiger partial charge in [-0.3, -0.25) is 14.4 Å². The number of likely N-dealkylation sites (N-methyl/N-ethyl adjacent to an activating group) is 1. The van der Waals surface area contributed by atoms with Gasteiger partial charge in [-0.15, -0.1) is 0 Å². The van der Waals surface area contributed by atoms with Crippen LogP contribution < -0.4 is 10.6 Å². The molecule has 1 atom stereocenters. The van der Waals surface area contributed by atoms with Gasteiger partial charge in [-0.2, -0.15) is 0 Å². The Labute approximate surface area is 128 Å². The number of hydrogen-bond acceptors (Lipinski definition) is 3. The van der Waals surface area contributed by atoms with Gasteiger partial charge < -0.3 is 15.5 Å². The Morgan fingerprint density at radius 2 is 2.14 bits per heavy atom. The Morgan fingerprint density at radius 3 is 2.86 bits per heavy atom. The van der Waals surface area contributed by atoms with E-state index >= 15 is 0 Å². The topological polar surface area (TPSA) is 78.5 Å². The van der Waals surface area contributed by atoms with Gasteiger partial charge in [0, 0.05) is 32.5 Å².